The number of nitrogens with zero attached hydrogens (tertiary/aromatic N) is 8. The highest BCUT2D eigenvalue weighted by atomic mass is 16.6. The monoisotopic (exact) mass is 1350 g/mol. The zero-order chi connectivity index (χ0) is 71.0. The molecule has 2 atom stereocenters. The van der Waals surface area contributed by atoms with Crippen LogP contribution in [-0.2, 0) is 45.0 Å². The van der Waals surface area contributed by atoms with Crippen molar-refractivity contribution >= 4 is 80.5 Å². The van der Waals surface area contributed by atoms with E-state index in [0.29, 0.717) is 43.2 Å². The molecule has 2 aliphatic heterocycles. The number of rotatable bonds is 5. The number of aromatic amines is 3. The lowest BCUT2D eigenvalue weighted by molar-refractivity contribution is 0.0281. The molecule has 99 heavy (non-hydrogen) atoms. The topological polar surface area (TPSA) is 383 Å². The molecule has 8 heterocycles. The fraction of sp³-hybridized carbons (Fsp3) is 0.446. The molecule has 1 saturated carbocycles. The zero-order valence-corrected chi connectivity index (χ0v) is 58.5. The Morgan fingerprint density at radius 2 is 0.869 bits per heavy atom. The van der Waals surface area contributed by atoms with Gasteiger partial charge in [0.05, 0.1) is 39.7 Å². The molecule has 14 N–H and O–H groups in total. The van der Waals surface area contributed by atoms with Gasteiger partial charge in [0.25, 0.3) is 11.8 Å². The summed E-state index contributed by atoms with van der Waals surface area (Å²) in [6.07, 6.45) is 13.3. The Hall–Kier alpha value is -10.2. The summed E-state index contributed by atoms with van der Waals surface area (Å²) >= 11 is 0. The number of nitrogens with two attached hydrogens (primary N) is 4. The lowest BCUT2D eigenvalue weighted by atomic mass is 9.73. The van der Waals surface area contributed by atoms with E-state index in [2.05, 4.69) is 97.0 Å². The number of aromatic nitrogens is 9. The highest BCUT2D eigenvalue weighted by Gasteiger charge is 2.40. The number of anilines is 3. The summed E-state index contributed by atoms with van der Waals surface area (Å²) in [4.78, 5) is 101. The molecule has 6 aromatic heterocycles. The Kier molecular flexibility index (Phi) is 18.0. The summed E-state index contributed by atoms with van der Waals surface area (Å²) in [5.74, 6) is -0.311. The van der Waals surface area contributed by atoms with Crippen LogP contribution in [0.5, 0.6) is 0 Å². The minimum Gasteiger partial charge on any atom is -0.478 e. The highest BCUT2D eigenvalue weighted by Crippen LogP contribution is 2.49. The Labute approximate surface area is 574 Å². The molecule has 25 nitrogen and oxygen atoms in total. The number of benzene rings is 3. The van der Waals surface area contributed by atoms with Gasteiger partial charge in [-0.3, -0.25) is 9.59 Å². The molecule has 520 valence electrons. The van der Waals surface area contributed by atoms with Crippen molar-refractivity contribution in [2.45, 2.75) is 186 Å². The minimum atomic E-state index is -0.928. The predicted molar refractivity (Wildman–Crippen MR) is 382 cm³/mol. The van der Waals surface area contributed by atoms with Crippen LogP contribution in [-0.4, -0.2) is 145 Å². The molecule has 4 amide bonds. The van der Waals surface area contributed by atoms with Gasteiger partial charge in [0.15, 0.2) is 0 Å². The second-order valence-electron chi connectivity index (χ2n) is 31.0. The molecule has 0 bridgehead atoms. The molecule has 9 aromatic rings. The fourth-order valence-electron chi connectivity index (χ4n) is 14.9. The molecule has 2 unspecified atom stereocenters. The number of carboxylic acids is 1. The molecule has 3 fully saturated rings. The third kappa shape index (κ3) is 14.4. The number of carboxylic acid groups (broad SMARTS) is 1. The van der Waals surface area contributed by atoms with Gasteiger partial charge in [-0.15, -0.1) is 0 Å². The van der Waals surface area contributed by atoms with Crippen LogP contribution in [0, 0.1) is 0 Å². The van der Waals surface area contributed by atoms with Gasteiger partial charge >= 0.3 is 18.2 Å². The third-order valence-electron chi connectivity index (χ3n) is 19.2. The highest BCUT2D eigenvalue weighted by molar-refractivity contribution is 6.03. The molecule has 6 aliphatic rings. The third-order valence-corrected chi connectivity index (χ3v) is 19.2. The first-order valence-electron chi connectivity index (χ1n) is 34.0. The molecular formula is C74H91N17O8. The quantitative estimate of drug-likeness (QED) is 0.0765. The summed E-state index contributed by atoms with van der Waals surface area (Å²) in [5, 5.41) is 18.6. The molecule has 15 rings (SSSR count). The largest absolute Gasteiger partial charge is 0.478 e. The van der Waals surface area contributed by atoms with E-state index in [1.54, 1.807) is 40.4 Å². The average Bonchev–Trinajstić information content (AvgIpc) is 1.63. The molecule has 2 saturated heterocycles. The van der Waals surface area contributed by atoms with E-state index in [1.807, 2.05) is 84.1 Å². The van der Waals surface area contributed by atoms with Gasteiger partial charge in [0.2, 0.25) is 17.8 Å². The molecule has 4 aliphatic carbocycles. The number of fused-ring (bicyclic) bond motifs is 15. The Morgan fingerprint density at radius 3 is 1.23 bits per heavy atom. The Bertz CT molecular complexity index is 4680. The van der Waals surface area contributed by atoms with E-state index in [0.717, 1.165) is 140 Å². The van der Waals surface area contributed by atoms with Gasteiger partial charge in [0.1, 0.15) is 11.2 Å². The van der Waals surface area contributed by atoms with Crippen molar-refractivity contribution < 1.29 is 38.6 Å². The summed E-state index contributed by atoms with van der Waals surface area (Å²) in [6.45, 7) is 26.6. The predicted octanol–water partition coefficient (Wildman–Crippen LogP) is 11.2. The molecule has 0 radical (unpaired) electrons. The summed E-state index contributed by atoms with van der Waals surface area (Å²) in [7, 11) is 0. The van der Waals surface area contributed by atoms with E-state index in [1.165, 1.54) is 18.4 Å². The van der Waals surface area contributed by atoms with Crippen LogP contribution in [0.3, 0.4) is 0 Å². The van der Waals surface area contributed by atoms with Crippen LogP contribution in [0.15, 0.2) is 73.2 Å². The number of likely N-dealkylation sites (tertiary alicyclic amines) is 2. The summed E-state index contributed by atoms with van der Waals surface area (Å²) < 4.78 is 10.7. The maximum atomic E-state index is 13.2. The van der Waals surface area contributed by atoms with Crippen molar-refractivity contribution in [1.82, 2.24) is 65.3 Å². The lowest BCUT2D eigenvalue weighted by Gasteiger charge is -2.31. The maximum Gasteiger partial charge on any atom is 0.410 e. The second kappa shape index (κ2) is 25.9. The Morgan fingerprint density at radius 1 is 0.515 bits per heavy atom. The van der Waals surface area contributed by atoms with Crippen LogP contribution in [0.1, 0.15) is 186 Å². The lowest BCUT2D eigenvalue weighted by Crippen LogP contribution is -2.40. The number of nitrogens with one attached hydrogen (secondary N) is 5. The molecular weight excluding hydrogens is 1250 g/mol. The summed E-state index contributed by atoms with van der Waals surface area (Å²) in [6, 6.07) is 17.1. The number of nitrogen functional groups attached to an aromatic ring is 3. The second-order valence-corrected chi connectivity index (χ2v) is 31.0. The first-order valence-corrected chi connectivity index (χ1v) is 34.0. The van der Waals surface area contributed by atoms with Gasteiger partial charge in [-0.2, -0.15) is 0 Å². The van der Waals surface area contributed by atoms with Crippen molar-refractivity contribution in [1.29, 1.82) is 0 Å². The van der Waals surface area contributed by atoms with Crippen molar-refractivity contribution in [3.05, 3.63) is 123 Å². The standard InChI is InChI=1S/C26H32N6O3.C22H25N5O.C17H16N4O2.C9H18N2O2/c1-25(2,3)35-24(34)32-9-8-16(13-32)29-22(33)14-6-7-18-17(10-14)19-21(30-18)20-15(11-26(19,4)5)12-28-23(27)31-20;1-22(2)10-13-11-24-21(23)27-18(13)19-17(22)15-9-12(7-8-16(15)26-19)20(28)25-14-5-3-4-6-14;1-17(2)6-9-7-19-16(18)21-13(9)14-12(17)10-5-8(15(22)23)3-4-11(10)20-14;1-9(2,3)13-8(12)11-5-4-7(10)6-11/h6-7,10,12,16,30H,8-9,11,13H2,1-5H3,(H,29,33)(H2,27,28,31);7-9,11,14,26H,3-6,10H2,1-2H3,(H,25,28)(H2,23,24,27);3-5,7,20H,6H2,1-2H3,(H,22,23)(H2,18,19,21);7H,4-6,10H2,1-3H3. The van der Waals surface area contributed by atoms with E-state index >= 15 is 0 Å². The van der Waals surface area contributed by atoms with Crippen LogP contribution < -0.4 is 33.6 Å². The minimum absolute atomic E-state index is 0.0179. The van der Waals surface area contributed by atoms with E-state index in [-0.39, 0.29) is 75.7 Å². The van der Waals surface area contributed by atoms with E-state index in [9.17, 15) is 29.1 Å². The van der Waals surface area contributed by atoms with Gasteiger partial charge < -0.3 is 72.9 Å². The number of carbonyl (C=O) groups is 5. The summed E-state index contributed by atoms with van der Waals surface area (Å²) in [5.41, 5.74) is 38.1. The smallest absolute Gasteiger partial charge is 0.410 e. The number of aromatic carboxylic acids is 1. The van der Waals surface area contributed by atoms with Gasteiger partial charge in [-0.1, -0.05) is 54.4 Å². The van der Waals surface area contributed by atoms with Crippen LogP contribution in [0.4, 0.5) is 27.4 Å². The van der Waals surface area contributed by atoms with Crippen LogP contribution in [0.2, 0.25) is 0 Å². The van der Waals surface area contributed by atoms with Gasteiger partial charge in [-0.25, -0.2) is 44.3 Å². The van der Waals surface area contributed by atoms with Crippen molar-refractivity contribution in [2.75, 3.05) is 43.4 Å². The number of hydrogen-bond donors (Lipinski definition) is 10. The zero-order valence-electron chi connectivity index (χ0n) is 58.5. The van der Waals surface area contributed by atoms with Crippen molar-refractivity contribution in [3.8, 4) is 34.2 Å². The number of hydrogen-bond acceptors (Lipinski definition) is 17. The van der Waals surface area contributed by atoms with E-state index < -0.39 is 17.2 Å². The number of amides is 4. The number of ether oxygens (including phenoxy) is 2. The van der Waals surface area contributed by atoms with E-state index in [4.69, 9.17) is 32.4 Å². The molecule has 25 heteroatoms. The number of carbonyl (C=O) groups excluding carboxylic acids is 4. The van der Waals surface area contributed by atoms with Gasteiger partial charge in [0, 0.05) is 107 Å². The first-order chi connectivity index (χ1) is 46.6. The Balaban J connectivity index is 0.000000131. The average molecular weight is 1350 g/mol. The maximum absolute atomic E-state index is 13.2. The van der Waals surface area contributed by atoms with Crippen LogP contribution >= 0.6 is 0 Å². The normalized spacial score (nSPS) is 18.4. The number of H-pyrrole nitrogens is 3. The van der Waals surface area contributed by atoms with Crippen molar-refractivity contribution in [3.63, 3.8) is 0 Å². The molecule has 0 spiro atoms. The fourth-order valence-corrected chi connectivity index (χ4v) is 14.9. The van der Waals surface area contributed by atoms with Crippen molar-refractivity contribution in [2.24, 2.45) is 5.73 Å². The first kappa shape index (κ1) is 68.8. The van der Waals surface area contributed by atoms with Crippen LogP contribution in [0.25, 0.3) is 66.9 Å². The molecule has 3 aromatic carbocycles. The van der Waals surface area contributed by atoms with Gasteiger partial charge in [-0.05, 0) is 191 Å². The SMILES string of the molecule is CC(C)(C)OC(=O)N1CCC(N)C1.CC(C)(C)OC(=O)N1CCC(NC(=O)c2ccc3[nH]c4c(c3c2)C(C)(C)Cc2cnc(N)nc2-4)C1.CC1(C)Cc2cnc(N)nc2-c2[nH]c3ccc(C(=O)NC4CCCC4)cc3c21.CC1(C)Cc2cnc(N)nc2-c2[nH]c3ccc(C(=O)O)cc3c21.